The Hall–Kier alpha value is -1.57. The summed E-state index contributed by atoms with van der Waals surface area (Å²) in [7, 11) is 0. The minimum absolute atomic E-state index is 0.138. The maximum atomic E-state index is 12.0. The molecule has 1 aliphatic rings. The summed E-state index contributed by atoms with van der Waals surface area (Å²) in [5.74, 6) is 0.631. The van der Waals surface area contributed by atoms with Crippen LogP contribution in [0, 0.1) is 5.92 Å². The lowest BCUT2D eigenvalue weighted by Gasteiger charge is -2.35. The third kappa shape index (κ3) is 2.76. The largest absolute Gasteiger partial charge is 0.331 e. The van der Waals surface area contributed by atoms with Crippen LogP contribution in [-0.4, -0.2) is 16.8 Å². The SMILES string of the molecule is CC(C)C1CC=CC(=O)N1Cc1ccccc1. The fraction of sp³-hybridized carbons (Fsp3) is 0.400. The van der Waals surface area contributed by atoms with Crippen molar-refractivity contribution in [2.24, 2.45) is 5.92 Å². The third-order valence-electron chi connectivity index (χ3n) is 3.29. The van der Waals surface area contributed by atoms with Gasteiger partial charge in [-0.25, -0.2) is 0 Å². The summed E-state index contributed by atoms with van der Waals surface area (Å²) in [5, 5.41) is 0. The van der Waals surface area contributed by atoms with Gasteiger partial charge in [-0.3, -0.25) is 4.79 Å². The molecule has 1 aliphatic heterocycles. The summed E-state index contributed by atoms with van der Waals surface area (Å²) in [6.45, 7) is 5.07. The van der Waals surface area contributed by atoms with Crippen molar-refractivity contribution in [3.8, 4) is 0 Å². The van der Waals surface area contributed by atoms with E-state index in [-0.39, 0.29) is 5.91 Å². The van der Waals surface area contributed by atoms with Gasteiger partial charge in [-0.05, 0) is 24.0 Å². The van der Waals surface area contributed by atoms with Gasteiger partial charge in [0.2, 0.25) is 5.91 Å². The molecule has 0 aromatic heterocycles. The molecule has 90 valence electrons. The van der Waals surface area contributed by atoms with Gasteiger partial charge in [-0.15, -0.1) is 0 Å². The number of hydrogen-bond acceptors (Lipinski definition) is 1. The lowest BCUT2D eigenvalue weighted by atomic mass is 9.95. The first-order valence-corrected chi connectivity index (χ1v) is 6.19. The Morgan fingerprint density at radius 2 is 2.00 bits per heavy atom. The summed E-state index contributed by atoms with van der Waals surface area (Å²) in [6.07, 6.45) is 4.66. The molecule has 0 spiro atoms. The number of hydrogen-bond donors (Lipinski definition) is 0. The molecule has 1 heterocycles. The summed E-state index contributed by atoms with van der Waals surface area (Å²) < 4.78 is 0. The smallest absolute Gasteiger partial charge is 0.246 e. The van der Waals surface area contributed by atoms with E-state index in [0.717, 1.165) is 6.42 Å². The zero-order valence-corrected chi connectivity index (χ0v) is 10.5. The highest BCUT2D eigenvalue weighted by molar-refractivity contribution is 5.88. The lowest BCUT2D eigenvalue weighted by molar-refractivity contribution is -0.130. The van der Waals surface area contributed by atoms with Crippen molar-refractivity contribution in [2.75, 3.05) is 0 Å². The Labute approximate surface area is 103 Å². The maximum Gasteiger partial charge on any atom is 0.246 e. The third-order valence-corrected chi connectivity index (χ3v) is 3.29. The van der Waals surface area contributed by atoms with Gasteiger partial charge in [-0.2, -0.15) is 0 Å². The summed E-state index contributed by atoms with van der Waals surface area (Å²) in [5.41, 5.74) is 1.20. The average molecular weight is 229 g/mol. The van der Waals surface area contributed by atoms with Crippen LogP contribution in [0.5, 0.6) is 0 Å². The van der Waals surface area contributed by atoms with Crippen molar-refractivity contribution in [3.63, 3.8) is 0 Å². The van der Waals surface area contributed by atoms with Gasteiger partial charge in [0.15, 0.2) is 0 Å². The van der Waals surface area contributed by atoms with Crippen LogP contribution >= 0.6 is 0 Å². The molecule has 0 radical (unpaired) electrons. The predicted octanol–water partition coefficient (Wildman–Crippen LogP) is 3.00. The van der Waals surface area contributed by atoms with Crippen LogP contribution in [0.3, 0.4) is 0 Å². The van der Waals surface area contributed by atoms with Crippen LogP contribution in [-0.2, 0) is 11.3 Å². The zero-order chi connectivity index (χ0) is 12.3. The van der Waals surface area contributed by atoms with E-state index in [2.05, 4.69) is 26.0 Å². The molecule has 2 heteroatoms. The Morgan fingerprint density at radius 1 is 1.29 bits per heavy atom. The fourth-order valence-corrected chi connectivity index (χ4v) is 2.30. The first-order valence-electron chi connectivity index (χ1n) is 6.19. The number of benzene rings is 1. The second-order valence-corrected chi connectivity index (χ2v) is 4.90. The molecular weight excluding hydrogens is 210 g/mol. The van der Waals surface area contributed by atoms with Crippen LogP contribution in [0.4, 0.5) is 0 Å². The summed E-state index contributed by atoms with van der Waals surface area (Å²) in [6, 6.07) is 10.5. The van der Waals surface area contributed by atoms with Crippen LogP contribution in [0.2, 0.25) is 0 Å². The highest BCUT2D eigenvalue weighted by Gasteiger charge is 2.26. The second kappa shape index (κ2) is 5.17. The Kier molecular flexibility index (Phi) is 3.62. The van der Waals surface area contributed by atoms with Gasteiger partial charge < -0.3 is 4.90 Å². The Bertz CT molecular complexity index is 408. The van der Waals surface area contributed by atoms with Gasteiger partial charge >= 0.3 is 0 Å². The van der Waals surface area contributed by atoms with Crippen molar-refractivity contribution in [3.05, 3.63) is 48.0 Å². The van der Waals surface area contributed by atoms with E-state index in [0.29, 0.717) is 18.5 Å². The van der Waals surface area contributed by atoms with E-state index in [9.17, 15) is 4.79 Å². The number of rotatable bonds is 3. The van der Waals surface area contributed by atoms with E-state index in [1.807, 2.05) is 29.2 Å². The monoisotopic (exact) mass is 229 g/mol. The molecule has 2 rings (SSSR count). The minimum Gasteiger partial charge on any atom is -0.331 e. The van der Waals surface area contributed by atoms with E-state index in [1.54, 1.807) is 6.08 Å². The number of amides is 1. The van der Waals surface area contributed by atoms with Crippen LogP contribution in [0.1, 0.15) is 25.8 Å². The van der Waals surface area contributed by atoms with Crippen molar-refractivity contribution in [2.45, 2.75) is 32.9 Å². The van der Waals surface area contributed by atoms with Gasteiger partial charge in [-0.1, -0.05) is 50.3 Å². The molecule has 0 saturated carbocycles. The molecule has 2 nitrogen and oxygen atoms in total. The molecule has 1 atom stereocenters. The predicted molar refractivity (Wildman–Crippen MR) is 69.4 cm³/mol. The van der Waals surface area contributed by atoms with Crippen molar-refractivity contribution < 1.29 is 4.79 Å². The summed E-state index contributed by atoms with van der Waals surface area (Å²) in [4.78, 5) is 13.9. The molecule has 0 bridgehead atoms. The molecule has 17 heavy (non-hydrogen) atoms. The number of carbonyl (C=O) groups excluding carboxylic acids is 1. The molecule has 1 aromatic rings. The van der Waals surface area contributed by atoms with E-state index >= 15 is 0 Å². The molecule has 0 aliphatic carbocycles. The summed E-state index contributed by atoms with van der Waals surface area (Å²) >= 11 is 0. The van der Waals surface area contributed by atoms with Gasteiger partial charge in [0.25, 0.3) is 0 Å². The standard InChI is InChI=1S/C15H19NO/c1-12(2)14-9-6-10-15(17)16(14)11-13-7-4-3-5-8-13/h3-8,10,12,14H,9,11H2,1-2H3. The van der Waals surface area contributed by atoms with E-state index < -0.39 is 0 Å². The molecular formula is C15H19NO. The first kappa shape index (κ1) is 11.9. The molecule has 1 unspecified atom stereocenters. The molecule has 0 saturated heterocycles. The molecule has 0 N–H and O–H groups in total. The van der Waals surface area contributed by atoms with E-state index in [4.69, 9.17) is 0 Å². The fourth-order valence-electron chi connectivity index (χ4n) is 2.30. The average Bonchev–Trinajstić information content (AvgIpc) is 2.33. The zero-order valence-electron chi connectivity index (χ0n) is 10.5. The highest BCUT2D eigenvalue weighted by atomic mass is 16.2. The van der Waals surface area contributed by atoms with Crippen LogP contribution in [0.15, 0.2) is 42.5 Å². The molecule has 1 aromatic carbocycles. The quantitative estimate of drug-likeness (QED) is 0.780. The molecule has 1 amide bonds. The van der Waals surface area contributed by atoms with Crippen molar-refractivity contribution in [1.29, 1.82) is 0 Å². The Balaban J connectivity index is 2.16. The van der Waals surface area contributed by atoms with Crippen molar-refractivity contribution >= 4 is 5.91 Å². The van der Waals surface area contributed by atoms with Gasteiger partial charge in [0, 0.05) is 12.6 Å². The first-order chi connectivity index (χ1) is 8.18. The van der Waals surface area contributed by atoms with Crippen molar-refractivity contribution in [1.82, 2.24) is 4.90 Å². The van der Waals surface area contributed by atoms with Crippen LogP contribution < -0.4 is 0 Å². The highest BCUT2D eigenvalue weighted by Crippen LogP contribution is 2.22. The maximum absolute atomic E-state index is 12.0. The minimum atomic E-state index is 0.138. The van der Waals surface area contributed by atoms with Crippen LogP contribution in [0.25, 0.3) is 0 Å². The lowest BCUT2D eigenvalue weighted by Crippen LogP contribution is -2.43. The molecule has 0 fully saturated rings. The normalized spacial score (nSPS) is 20.1. The van der Waals surface area contributed by atoms with E-state index in [1.165, 1.54) is 5.56 Å². The topological polar surface area (TPSA) is 20.3 Å². The van der Waals surface area contributed by atoms with Gasteiger partial charge in [0.05, 0.1) is 0 Å². The van der Waals surface area contributed by atoms with Gasteiger partial charge in [0.1, 0.15) is 0 Å². The Morgan fingerprint density at radius 3 is 2.65 bits per heavy atom. The number of nitrogens with zero attached hydrogens (tertiary/aromatic N) is 1. The number of carbonyl (C=O) groups is 1. The second-order valence-electron chi connectivity index (χ2n) is 4.90.